The summed E-state index contributed by atoms with van der Waals surface area (Å²) in [6.45, 7) is 1.91. The molecule has 0 heterocycles. The summed E-state index contributed by atoms with van der Waals surface area (Å²) in [5, 5.41) is 13.5. The molecule has 0 atom stereocenters. The second-order valence-electron chi connectivity index (χ2n) is 3.44. The van der Waals surface area contributed by atoms with E-state index in [0.717, 1.165) is 6.42 Å². The number of phenolic OH excluding ortho intramolecular Hbond substituents is 1. The van der Waals surface area contributed by atoms with E-state index in [2.05, 4.69) is 10.5 Å². The monoisotopic (exact) mass is 236 g/mol. The van der Waals surface area contributed by atoms with Crippen molar-refractivity contribution >= 4 is 12.1 Å². The molecule has 1 rings (SSSR count). The minimum atomic E-state index is -0.147. The average Bonchev–Trinajstić information content (AvgIpc) is 2.32. The lowest BCUT2D eigenvalue weighted by molar-refractivity contribution is -0.121. The summed E-state index contributed by atoms with van der Waals surface area (Å²) in [4.78, 5) is 11.1. The first-order chi connectivity index (χ1) is 8.19. The van der Waals surface area contributed by atoms with Crippen LogP contribution in [-0.4, -0.2) is 24.3 Å². The molecule has 5 nitrogen and oxygen atoms in total. The van der Waals surface area contributed by atoms with Gasteiger partial charge >= 0.3 is 0 Å². The number of para-hydroxylation sites is 1. The lowest BCUT2D eigenvalue weighted by Crippen LogP contribution is -2.16. The van der Waals surface area contributed by atoms with E-state index in [9.17, 15) is 9.90 Å². The number of amides is 1. The normalized spacial score (nSPS) is 10.5. The van der Waals surface area contributed by atoms with Crippen LogP contribution < -0.4 is 10.2 Å². The summed E-state index contributed by atoms with van der Waals surface area (Å²) in [6, 6.07) is 5.05. The highest BCUT2D eigenvalue weighted by Gasteiger charge is 2.04. The number of nitrogens with zero attached hydrogens (tertiary/aromatic N) is 1. The smallest absolute Gasteiger partial charge is 0.240 e. The van der Waals surface area contributed by atoms with E-state index in [1.54, 1.807) is 18.2 Å². The summed E-state index contributed by atoms with van der Waals surface area (Å²) in [5.41, 5.74) is 2.86. The standard InChI is InChI=1S/C12H16N2O3/c1-3-5-11(15)14-13-8-9-6-4-7-10(17-2)12(9)16/h4,6-8,16H,3,5H2,1-2H3,(H,14,15)/b13-8+. The third kappa shape index (κ3) is 3.79. The number of phenols is 1. The molecule has 0 aliphatic heterocycles. The third-order valence-corrected chi connectivity index (χ3v) is 2.12. The molecule has 0 aliphatic carbocycles. The largest absolute Gasteiger partial charge is 0.504 e. The molecule has 0 radical (unpaired) electrons. The number of carbonyl (C=O) groups excluding carboxylic acids is 1. The van der Waals surface area contributed by atoms with E-state index in [4.69, 9.17) is 4.74 Å². The molecular formula is C12H16N2O3. The molecule has 0 aromatic heterocycles. The van der Waals surface area contributed by atoms with Crippen molar-refractivity contribution in [2.45, 2.75) is 19.8 Å². The quantitative estimate of drug-likeness (QED) is 0.603. The first-order valence-corrected chi connectivity index (χ1v) is 5.37. The van der Waals surface area contributed by atoms with Gasteiger partial charge in [0.25, 0.3) is 0 Å². The Bertz CT molecular complexity index is 416. The Hall–Kier alpha value is -2.04. The number of nitrogens with one attached hydrogen (secondary N) is 1. The Balaban J connectivity index is 2.68. The van der Waals surface area contributed by atoms with Gasteiger partial charge in [0.1, 0.15) is 0 Å². The summed E-state index contributed by atoms with van der Waals surface area (Å²) < 4.78 is 4.95. The van der Waals surface area contributed by atoms with Crippen LogP contribution in [0.4, 0.5) is 0 Å². The van der Waals surface area contributed by atoms with Crippen LogP contribution in [0.25, 0.3) is 0 Å². The third-order valence-electron chi connectivity index (χ3n) is 2.12. The molecule has 0 aliphatic rings. The molecule has 0 unspecified atom stereocenters. The molecule has 5 heteroatoms. The number of benzene rings is 1. The fourth-order valence-electron chi connectivity index (χ4n) is 1.26. The van der Waals surface area contributed by atoms with E-state index in [1.807, 2.05) is 6.92 Å². The van der Waals surface area contributed by atoms with Crippen molar-refractivity contribution in [1.29, 1.82) is 0 Å². The predicted octanol–water partition coefficient (Wildman–Crippen LogP) is 1.65. The van der Waals surface area contributed by atoms with Crippen LogP contribution in [0, 0.1) is 0 Å². The Labute approximate surface area is 100 Å². The van der Waals surface area contributed by atoms with Crippen LogP contribution in [0.5, 0.6) is 11.5 Å². The number of hydrogen-bond donors (Lipinski definition) is 2. The van der Waals surface area contributed by atoms with E-state index >= 15 is 0 Å². The van der Waals surface area contributed by atoms with Crippen molar-refractivity contribution in [1.82, 2.24) is 5.43 Å². The second-order valence-corrected chi connectivity index (χ2v) is 3.44. The number of aromatic hydroxyl groups is 1. The molecule has 1 amide bonds. The van der Waals surface area contributed by atoms with Crippen LogP contribution in [0.15, 0.2) is 23.3 Å². The van der Waals surface area contributed by atoms with Gasteiger partial charge in [-0.3, -0.25) is 4.79 Å². The fourth-order valence-corrected chi connectivity index (χ4v) is 1.26. The molecule has 92 valence electrons. The number of hydrazone groups is 1. The van der Waals surface area contributed by atoms with Crippen LogP contribution in [0.2, 0.25) is 0 Å². The Morgan fingerprint density at radius 2 is 2.35 bits per heavy atom. The molecule has 0 fully saturated rings. The molecule has 17 heavy (non-hydrogen) atoms. The Morgan fingerprint density at radius 3 is 3.00 bits per heavy atom. The minimum absolute atomic E-state index is 0.00323. The summed E-state index contributed by atoms with van der Waals surface area (Å²) >= 11 is 0. The zero-order chi connectivity index (χ0) is 12.7. The lowest BCUT2D eigenvalue weighted by Gasteiger charge is -2.04. The molecular weight excluding hydrogens is 220 g/mol. The molecule has 0 saturated carbocycles. The van der Waals surface area contributed by atoms with Crippen LogP contribution in [-0.2, 0) is 4.79 Å². The van der Waals surface area contributed by atoms with Crippen LogP contribution >= 0.6 is 0 Å². The van der Waals surface area contributed by atoms with Gasteiger partial charge in [0, 0.05) is 12.0 Å². The fraction of sp³-hybridized carbons (Fsp3) is 0.333. The highest BCUT2D eigenvalue weighted by Crippen LogP contribution is 2.27. The van der Waals surface area contributed by atoms with Crippen LogP contribution in [0.1, 0.15) is 25.3 Å². The van der Waals surface area contributed by atoms with E-state index in [-0.39, 0.29) is 11.7 Å². The first-order valence-electron chi connectivity index (χ1n) is 5.37. The molecule has 1 aromatic rings. The molecule has 0 saturated heterocycles. The minimum Gasteiger partial charge on any atom is -0.504 e. The van der Waals surface area contributed by atoms with Crippen molar-refractivity contribution in [3.8, 4) is 11.5 Å². The van der Waals surface area contributed by atoms with Gasteiger partial charge < -0.3 is 9.84 Å². The first kappa shape index (κ1) is 13.0. The second kappa shape index (κ2) is 6.52. The average molecular weight is 236 g/mol. The van der Waals surface area contributed by atoms with E-state index in [0.29, 0.717) is 17.7 Å². The summed E-state index contributed by atoms with van der Waals surface area (Å²) in [6.07, 6.45) is 2.58. The molecule has 2 N–H and O–H groups in total. The number of carbonyl (C=O) groups is 1. The van der Waals surface area contributed by atoms with Crippen molar-refractivity contribution in [3.63, 3.8) is 0 Å². The zero-order valence-electron chi connectivity index (χ0n) is 9.93. The van der Waals surface area contributed by atoms with Gasteiger partial charge in [0.15, 0.2) is 11.5 Å². The SMILES string of the molecule is CCCC(=O)N/N=C/c1cccc(OC)c1O. The van der Waals surface area contributed by atoms with Crippen molar-refractivity contribution < 1.29 is 14.6 Å². The zero-order valence-corrected chi connectivity index (χ0v) is 9.93. The van der Waals surface area contributed by atoms with Gasteiger partial charge in [-0.05, 0) is 18.6 Å². The maximum Gasteiger partial charge on any atom is 0.240 e. The molecule has 1 aromatic carbocycles. The number of methoxy groups -OCH3 is 1. The van der Waals surface area contributed by atoms with Crippen molar-refractivity contribution in [2.75, 3.05) is 7.11 Å². The number of rotatable bonds is 5. The van der Waals surface area contributed by atoms with E-state index < -0.39 is 0 Å². The Morgan fingerprint density at radius 1 is 1.59 bits per heavy atom. The van der Waals surface area contributed by atoms with Crippen LogP contribution in [0.3, 0.4) is 0 Å². The summed E-state index contributed by atoms with van der Waals surface area (Å²) in [7, 11) is 1.47. The van der Waals surface area contributed by atoms with Crippen molar-refractivity contribution in [2.24, 2.45) is 5.10 Å². The van der Waals surface area contributed by atoms with Gasteiger partial charge in [0.2, 0.25) is 5.91 Å². The van der Waals surface area contributed by atoms with Gasteiger partial charge in [0.05, 0.1) is 13.3 Å². The highest BCUT2D eigenvalue weighted by atomic mass is 16.5. The predicted molar refractivity (Wildman–Crippen MR) is 65.3 cm³/mol. The van der Waals surface area contributed by atoms with Gasteiger partial charge in [-0.25, -0.2) is 5.43 Å². The molecule has 0 spiro atoms. The number of ether oxygens (including phenoxy) is 1. The lowest BCUT2D eigenvalue weighted by atomic mass is 10.2. The highest BCUT2D eigenvalue weighted by molar-refractivity contribution is 5.86. The molecule has 0 bridgehead atoms. The Kier molecular flexibility index (Phi) is 5.00. The maximum absolute atomic E-state index is 11.1. The van der Waals surface area contributed by atoms with E-state index in [1.165, 1.54) is 13.3 Å². The topological polar surface area (TPSA) is 70.9 Å². The summed E-state index contributed by atoms with van der Waals surface area (Å²) in [5.74, 6) is 0.225. The van der Waals surface area contributed by atoms with Crippen molar-refractivity contribution in [3.05, 3.63) is 23.8 Å². The number of hydrogen-bond acceptors (Lipinski definition) is 4. The van der Waals surface area contributed by atoms with Gasteiger partial charge in [-0.1, -0.05) is 13.0 Å². The van der Waals surface area contributed by atoms with Gasteiger partial charge in [-0.2, -0.15) is 5.10 Å². The maximum atomic E-state index is 11.1. The van der Waals surface area contributed by atoms with Gasteiger partial charge in [-0.15, -0.1) is 0 Å².